The van der Waals surface area contributed by atoms with Crippen LogP contribution in [-0.4, -0.2) is 24.4 Å². The second kappa shape index (κ2) is 4.49. The lowest BCUT2D eigenvalue weighted by molar-refractivity contribution is 0.266. The summed E-state index contributed by atoms with van der Waals surface area (Å²) in [7, 11) is 0. The Morgan fingerprint density at radius 1 is 1.44 bits per heavy atom. The SMILES string of the molecule is CCn1nc(C)cc1Cn1ccnc1CO. The largest absolute Gasteiger partial charge is 0.388 e. The van der Waals surface area contributed by atoms with E-state index in [0.29, 0.717) is 12.4 Å². The molecule has 0 saturated carbocycles. The van der Waals surface area contributed by atoms with Crippen LogP contribution in [0.5, 0.6) is 0 Å². The highest BCUT2D eigenvalue weighted by atomic mass is 16.3. The predicted molar refractivity (Wildman–Crippen MR) is 59.9 cm³/mol. The van der Waals surface area contributed by atoms with Crippen LogP contribution in [0.2, 0.25) is 0 Å². The maximum atomic E-state index is 9.11. The van der Waals surface area contributed by atoms with Crippen molar-refractivity contribution in [1.82, 2.24) is 19.3 Å². The van der Waals surface area contributed by atoms with Crippen molar-refractivity contribution >= 4 is 0 Å². The molecule has 0 amide bonds. The number of imidazole rings is 1. The third-order valence-corrected chi connectivity index (χ3v) is 2.56. The van der Waals surface area contributed by atoms with Crippen LogP contribution in [0.25, 0.3) is 0 Å². The smallest absolute Gasteiger partial charge is 0.134 e. The van der Waals surface area contributed by atoms with Gasteiger partial charge in [0.05, 0.1) is 17.9 Å². The maximum absolute atomic E-state index is 9.11. The Kier molecular flexibility index (Phi) is 3.05. The van der Waals surface area contributed by atoms with Crippen LogP contribution in [-0.2, 0) is 19.7 Å². The van der Waals surface area contributed by atoms with Crippen LogP contribution in [0.4, 0.5) is 0 Å². The van der Waals surface area contributed by atoms with Crippen molar-refractivity contribution in [3.63, 3.8) is 0 Å². The van der Waals surface area contributed by atoms with E-state index in [1.54, 1.807) is 6.20 Å². The zero-order valence-corrected chi connectivity index (χ0v) is 9.59. The molecule has 0 aliphatic heterocycles. The highest BCUT2D eigenvalue weighted by Crippen LogP contribution is 2.08. The molecule has 0 bridgehead atoms. The van der Waals surface area contributed by atoms with Crippen molar-refractivity contribution in [2.45, 2.75) is 33.5 Å². The lowest BCUT2D eigenvalue weighted by Gasteiger charge is -2.07. The van der Waals surface area contributed by atoms with Crippen LogP contribution in [0.1, 0.15) is 24.1 Å². The van der Waals surface area contributed by atoms with Crippen molar-refractivity contribution in [2.75, 3.05) is 0 Å². The summed E-state index contributed by atoms with van der Waals surface area (Å²) in [5.74, 6) is 0.682. The number of nitrogens with zero attached hydrogens (tertiary/aromatic N) is 4. The van der Waals surface area contributed by atoms with Gasteiger partial charge in [-0.25, -0.2) is 4.98 Å². The third-order valence-electron chi connectivity index (χ3n) is 2.56. The predicted octanol–water partition coefficient (Wildman–Crippen LogP) is 0.949. The first-order valence-corrected chi connectivity index (χ1v) is 5.38. The van der Waals surface area contributed by atoms with Crippen molar-refractivity contribution in [3.8, 4) is 0 Å². The molecule has 0 aliphatic carbocycles. The van der Waals surface area contributed by atoms with Gasteiger partial charge in [-0.1, -0.05) is 0 Å². The molecule has 0 unspecified atom stereocenters. The van der Waals surface area contributed by atoms with Gasteiger partial charge in [-0.3, -0.25) is 4.68 Å². The summed E-state index contributed by atoms with van der Waals surface area (Å²) in [5, 5.41) is 13.5. The van der Waals surface area contributed by atoms with Crippen LogP contribution in [0.15, 0.2) is 18.5 Å². The molecule has 0 aromatic carbocycles. The van der Waals surface area contributed by atoms with Crippen LogP contribution in [0, 0.1) is 6.92 Å². The van der Waals surface area contributed by atoms with Crippen molar-refractivity contribution in [2.24, 2.45) is 0 Å². The summed E-state index contributed by atoms with van der Waals surface area (Å²) < 4.78 is 3.90. The Hall–Kier alpha value is -1.62. The molecule has 0 atom stereocenters. The number of hydrogen-bond donors (Lipinski definition) is 1. The molecule has 5 nitrogen and oxygen atoms in total. The number of rotatable bonds is 4. The monoisotopic (exact) mass is 220 g/mol. The Labute approximate surface area is 94.4 Å². The van der Waals surface area contributed by atoms with Gasteiger partial charge in [0.2, 0.25) is 0 Å². The lowest BCUT2D eigenvalue weighted by Crippen LogP contribution is -2.09. The maximum Gasteiger partial charge on any atom is 0.134 e. The molecule has 2 aromatic heterocycles. The molecule has 86 valence electrons. The summed E-state index contributed by atoms with van der Waals surface area (Å²) in [6.45, 7) is 5.57. The zero-order valence-electron chi connectivity index (χ0n) is 9.59. The zero-order chi connectivity index (χ0) is 11.5. The molecular formula is C11H16N4O. The van der Waals surface area contributed by atoms with Crippen LogP contribution in [0.3, 0.4) is 0 Å². The summed E-state index contributed by atoms with van der Waals surface area (Å²) in [4.78, 5) is 4.08. The molecule has 1 N–H and O–H groups in total. The van der Waals surface area contributed by atoms with E-state index in [9.17, 15) is 0 Å². The molecule has 2 aromatic rings. The number of hydrogen-bond acceptors (Lipinski definition) is 3. The second-order valence-corrected chi connectivity index (χ2v) is 3.72. The molecule has 5 heteroatoms. The third kappa shape index (κ3) is 1.99. The van der Waals surface area contributed by atoms with Gasteiger partial charge in [0.1, 0.15) is 12.4 Å². The molecule has 0 fully saturated rings. The topological polar surface area (TPSA) is 55.9 Å². The van der Waals surface area contributed by atoms with Gasteiger partial charge in [-0.15, -0.1) is 0 Å². The Bertz CT molecular complexity index is 472. The quantitative estimate of drug-likeness (QED) is 0.834. The minimum Gasteiger partial charge on any atom is -0.388 e. The number of aliphatic hydroxyl groups excluding tert-OH is 1. The van der Waals surface area contributed by atoms with E-state index in [0.717, 1.165) is 17.9 Å². The molecule has 0 aliphatic rings. The van der Waals surface area contributed by atoms with E-state index >= 15 is 0 Å². The van der Waals surface area contributed by atoms with E-state index in [2.05, 4.69) is 23.1 Å². The van der Waals surface area contributed by atoms with Crippen LogP contribution >= 0.6 is 0 Å². The van der Waals surface area contributed by atoms with E-state index in [1.807, 2.05) is 22.4 Å². The van der Waals surface area contributed by atoms with E-state index in [4.69, 9.17) is 5.11 Å². The first kappa shape index (κ1) is 10.9. The highest BCUT2D eigenvalue weighted by molar-refractivity contribution is 5.10. The lowest BCUT2D eigenvalue weighted by atomic mass is 10.3. The van der Waals surface area contributed by atoms with E-state index in [1.165, 1.54) is 0 Å². The summed E-state index contributed by atoms with van der Waals surface area (Å²) in [6.07, 6.45) is 3.57. The number of aliphatic hydroxyl groups is 1. The summed E-state index contributed by atoms with van der Waals surface area (Å²) in [5.41, 5.74) is 2.15. The fourth-order valence-electron chi connectivity index (χ4n) is 1.81. The van der Waals surface area contributed by atoms with Gasteiger partial charge in [0, 0.05) is 18.9 Å². The van der Waals surface area contributed by atoms with E-state index in [-0.39, 0.29) is 6.61 Å². The van der Waals surface area contributed by atoms with E-state index < -0.39 is 0 Å². The molecule has 2 heterocycles. The first-order chi connectivity index (χ1) is 7.74. The molecule has 0 radical (unpaired) electrons. The van der Waals surface area contributed by atoms with Crippen LogP contribution < -0.4 is 0 Å². The number of aryl methyl sites for hydroxylation is 2. The van der Waals surface area contributed by atoms with Gasteiger partial charge in [0.15, 0.2) is 0 Å². The molecule has 0 saturated heterocycles. The fraction of sp³-hybridized carbons (Fsp3) is 0.455. The van der Waals surface area contributed by atoms with Gasteiger partial charge in [0.25, 0.3) is 0 Å². The first-order valence-electron chi connectivity index (χ1n) is 5.38. The highest BCUT2D eigenvalue weighted by Gasteiger charge is 2.07. The van der Waals surface area contributed by atoms with Crippen molar-refractivity contribution < 1.29 is 5.11 Å². The van der Waals surface area contributed by atoms with Crippen molar-refractivity contribution in [1.29, 1.82) is 0 Å². The van der Waals surface area contributed by atoms with Gasteiger partial charge >= 0.3 is 0 Å². The standard InChI is InChI=1S/C11H16N4O/c1-3-15-10(6-9(2)13-15)7-14-5-4-12-11(14)8-16/h4-6,16H,3,7-8H2,1-2H3. The second-order valence-electron chi connectivity index (χ2n) is 3.72. The molecule has 16 heavy (non-hydrogen) atoms. The Morgan fingerprint density at radius 3 is 2.94 bits per heavy atom. The van der Waals surface area contributed by atoms with Gasteiger partial charge in [-0.05, 0) is 19.9 Å². The molecular weight excluding hydrogens is 204 g/mol. The Balaban J connectivity index is 2.26. The average Bonchev–Trinajstić information content (AvgIpc) is 2.85. The minimum absolute atomic E-state index is 0.0355. The Morgan fingerprint density at radius 2 is 2.25 bits per heavy atom. The minimum atomic E-state index is -0.0355. The average molecular weight is 220 g/mol. The molecule has 2 rings (SSSR count). The van der Waals surface area contributed by atoms with Gasteiger partial charge in [-0.2, -0.15) is 5.10 Å². The summed E-state index contributed by atoms with van der Waals surface area (Å²) in [6, 6.07) is 2.06. The molecule has 0 spiro atoms. The fourth-order valence-corrected chi connectivity index (χ4v) is 1.81. The van der Waals surface area contributed by atoms with Crippen molar-refractivity contribution in [3.05, 3.63) is 35.7 Å². The normalized spacial score (nSPS) is 10.9. The number of aromatic nitrogens is 4. The van der Waals surface area contributed by atoms with Gasteiger partial charge < -0.3 is 9.67 Å². The summed E-state index contributed by atoms with van der Waals surface area (Å²) >= 11 is 0.